The molecule has 0 atom stereocenters. The standard InChI is InChI=1S/C13H10ClNO2S/c14-9-3-4-11(16)10(8-9)15-6-5-12(17)13-2-1-7-18-13/h1-8,15-16H/b6-5+. The molecule has 92 valence electrons. The SMILES string of the molecule is O=C(/C=C/Nc1cc(Cl)ccc1O)c1cccs1. The van der Waals surface area contributed by atoms with E-state index < -0.39 is 0 Å². The third-order valence-corrected chi connectivity index (χ3v) is 3.32. The van der Waals surface area contributed by atoms with Crippen molar-refractivity contribution in [2.75, 3.05) is 5.32 Å². The van der Waals surface area contributed by atoms with Crippen LogP contribution in [0.3, 0.4) is 0 Å². The van der Waals surface area contributed by atoms with Gasteiger partial charge in [-0.3, -0.25) is 4.79 Å². The molecule has 2 aromatic rings. The minimum atomic E-state index is -0.0842. The van der Waals surface area contributed by atoms with Gasteiger partial charge in [0.1, 0.15) is 5.75 Å². The molecule has 0 aliphatic rings. The quantitative estimate of drug-likeness (QED) is 0.507. The van der Waals surface area contributed by atoms with Crippen molar-refractivity contribution in [1.82, 2.24) is 0 Å². The van der Waals surface area contributed by atoms with Gasteiger partial charge in [-0.2, -0.15) is 0 Å². The maximum Gasteiger partial charge on any atom is 0.197 e. The summed E-state index contributed by atoms with van der Waals surface area (Å²) >= 11 is 7.18. The topological polar surface area (TPSA) is 49.3 Å². The minimum Gasteiger partial charge on any atom is -0.506 e. The Hall–Kier alpha value is -1.78. The number of phenolic OH excluding ortho intramolecular Hbond substituents is 1. The number of phenols is 1. The van der Waals surface area contributed by atoms with Crippen LogP contribution in [0.2, 0.25) is 5.02 Å². The first-order chi connectivity index (χ1) is 8.66. The van der Waals surface area contributed by atoms with Crippen LogP contribution in [-0.4, -0.2) is 10.9 Å². The molecule has 3 nitrogen and oxygen atoms in total. The van der Waals surface area contributed by atoms with Crippen LogP contribution in [0.1, 0.15) is 9.67 Å². The number of halogens is 1. The summed E-state index contributed by atoms with van der Waals surface area (Å²) in [5.41, 5.74) is 0.456. The lowest BCUT2D eigenvalue weighted by atomic mass is 10.3. The van der Waals surface area contributed by atoms with Crippen LogP contribution in [0.4, 0.5) is 5.69 Å². The third kappa shape index (κ3) is 3.12. The van der Waals surface area contributed by atoms with E-state index in [9.17, 15) is 9.90 Å². The number of anilines is 1. The van der Waals surface area contributed by atoms with Crippen LogP contribution < -0.4 is 5.32 Å². The van der Waals surface area contributed by atoms with E-state index in [-0.39, 0.29) is 11.5 Å². The Bertz CT molecular complexity index is 579. The normalized spacial score (nSPS) is 10.7. The molecule has 0 amide bonds. The largest absolute Gasteiger partial charge is 0.506 e. The molecule has 0 aliphatic carbocycles. The molecular formula is C13H10ClNO2S. The monoisotopic (exact) mass is 279 g/mol. The highest BCUT2D eigenvalue weighted by molar-refractivity contribution is 7.12. The van der Waals surface area contributed by atoms with E-state index in [4.69, 9.17) is 11.6 Å². The number of hydrogen-bond acceptors (Lipinski definition) is 4. The van der Waals surface area contributed by atoms with Gasteiger partial charge in [0.2, 0.25) is 0 Å². The first kappa shape index (κ1) is 12.7. The Morgan fingerprint density at radius 1 is 1.39 bits per heavy atom. The van der Waals surface area contributed by atoms with Gasteiger partial charge in [0.05, 0.1) is 10.6 Å². The van der Waals surface area contributed by atoms with Crippen LogP contribution in [-0.2, 0) is 0 Å². The van der Waals surface area contributed by atoms with Crippen LogP contribution in [0, 0.1) is 0 Å². The van der Waals surface area contributed by atoms with E-state index >= 15 is 0 Å². The first-order valence-corrected chi connectivity index (χ1v) is 6.42. The lowest BCUT2D eigenvalue weighted by Gasteiger charge is -2.03. The summed E-state index contributed by atoms with van der Waals surface area (Å²) in [6.07, 6.45) is 2.89. The fourth-order valence-electron chi connectivity index (χ4n) is 1.33. The Labute approximate surface area is 113 Å². The summed E-state index contributed by atoms with van der Waals surface area (Å²) in [6, 6.07) is 8.23. The summed E-state index contributed by atoms with van der Waals surface area (Å²) in [6.45, 7) is 0. The van der Waals surface area contributed by atoms with Crippen molar-refractivity contribution in [3.8, 4) is 5.75 Å². The second kappa shape index (κ2) is 5.71. The number of benzene rings is 1. The summed E-state index contributed by atoms with van der Waals surface area (Å²) < 4.78 is 0. The van der Waals surface area contributed by atoms with Crippen molar-refractivity contribution in [3.05, 3.63) is 57.9 Å². The number of allylic oxidation sites excluding steroid dienone is 1. The predicted octanol–water partition coefficient (Wildman–Crippen LogP) is 3.92. The number of aromatic hydroxyl groups is 1. The molecule has 1 heterocycles. The Kier molecular flexibility index (Phi) is 4.02. The number of thiophene rings is 1. The second-order valence-corrected chi connectivity index (χ2v) is 4.86. The van der Waals surface area contributed by atoms with E-state index in [0.29, 0.717) is 15.6 Å². The molecule has 0 unspecified atom stereocenters. The molecule has 2 rings (SSSR count). The van der Waals surface area contributed by atoms with Gasteiger partial charge in [0, 0.05) is 17.3 Å². The van der Waals surface area contributed by atoms with E-state index in [2.05, 4.69) is 5.32 Å². The molecular weight excluding hydrogens is 270 g/mol. The van der Waals surface area contributed by atoms with Gasteiger partial charge < -0.3 is 10.4 Å². The molecule has 18 heavy (non-hydrogen) atoms. The lowest BCUT2D eigenvalue weighted by Crippen LogP contribution is -1.93. The average molecular weight is 280 g/mol. The second-order valence-electron chi connectivity index (χ2n) is 3.48. The summed E-state index contributed by atoms with van der Waals surface area (Å²) in [4.78, 5) is 12.3. The number of nitrogens with one attached hydrogen (secondary N) is 1. The summed E-state index contributed by atoms with van der Waals surface area (Å²) in [7, 11) is 0. The predicted molar refractivity (Wildman–Crippen MR) is 74.5 cm³/mol. The van der Waals surface area contributed by atoms with Crippen LogP contribution in [0.15, 0.2) is 48.0 Å². The fraction of sp³-hybridized carbons (Fsp3) is 0. The Morgan fingerprint density at radius 3 is 2.94 bits per heavy atom. The van der Waals surface area contributed by atoms with Crippen LogP contribution in [0.25, 0.3) is 0 Å². The minimum absolute atomic E-state index is 0.0765. The van der Waals surface area contributed by atoms with Crippen molar-refractivity contribution in [2.24, 2.45) is 0 Å². The smallest absolute Gasteiger partial charge is 0.197 e. The molecule has 0 saturated heterocycles. The zero-order valence-corrected chi connectivity index (χ0v) is 10.8. The molecule has 0 aliphatic heterocycles. The van der Waals surface area contributed by atoms with Crippen molar-refractivity contribution < 1.29 is 9.90 Å². The van der Waals surface area contributed by atoms with E-state index in [1.54, 1.807) is 18.2 Å². The number of hydrogen-bond donors (Lipinski definition) is 2. The number of carbonyl (C=O) groups excluding carboxylic acids is 1. The van der Waals surface area contributed by atoms with Crippen LogP contribution >= 0.6 is 22.9 Å². The number of ketones is 1. The maximum absolute atomic E-state index is 11.6. The highest BCUT2D eigenvalue weighted by atomic mass is 35.5. The van der Waals surface area contributed by atoms with Gasteiger partial charge in [-0.15, -0.1) is 11.3 Å². The molecule has 0 spiro atoms. The molecule has 1 aromatic heterocycles. The zero-order chi connectivity index (χ0) is 13.0. The van der Waals surface area contributed by atoms with Crippen molar-refractivity contribution in [2.45, 2.75) is 0 Å². The maximum atomic E-state index is 11.6. The average Bonchev–Trinajstić information content (AvgIpc) is 2.87. The van der Waals surface area contributed by atoms with Gasteiger partial charge in [-0.05, 0) is 29.6 Å². The van der Waals surface area contributed by atoms with Crippen molar-refractivity contribution in [1.29, 1.82) is 0 Å². The van der Waals surface area contributed by atoms with Gasteiger partial charge in [0.15, 0.2) is 5.78 Å². The lowest BCUT2D eigenvalue weighted by molar-refractivity contribution is 0.105. The van der Waals surface area contributed by atoms with E-state index in [0.717, 1.165) is 0 Å². The molecule has 0 radical (unpaired) electrons. The van der Waals surface area contributed by atoms with Gasteiger partial charge in [-0.1, -0.05) is 17.7 Å². The molecule has 1 aromatic carbocycles. The van der Waals surface area contributed by atoms with Crippen molar-refractivity contribution in [3.63, 3.8) is 0 Å². The van der Waals surface area contributed by atoms with E-state index in [1.165, 1.54) is 29.7 Å². The third-order valence-electron chi connectivity index (χ3n) is 2.20. The molecule has 0 saturated carbocycles. The first-order valence-electron chi connectivity index (χ1n) is 5.16. The Balaban J connectivity index is 2.03. The highest BCUT2D eigenvalue weighted by Gasteiger charge is 2.02. The Morgan fingerprint density at radius 2 is 2.22 bits per heavy atom. The highest BCUT2D eigenvalue weighted by Crippen LogP contribution is 2.26. The van der Waals surface area contributed by atoms with Crippen LogP contribution in [0.5, 0.6) is 5.75 Å². The van der Waals surface area contributed by atoms with E-state index in [1.807, 2.05) is 11.4 Å². The molecule has 0 fully saturated rings. The summed E-state index contributed by atoms with van der Waals surface area (Å²) in [5.74, 6) is -0.00774. The van der Waals surface area contributed by atoms with Gasteiger partial charge >= 0.3 is 0 Å². The summed E-state index contributed by atoms with van der Waals surface area (Å²) in [5, 5.41) is 14.7. The number of carbonyl (C=O) groups is 1. The van der Waals surface area contributed by atoms with Gasteiger partial charge in [0.25, 0.3) is 0 Å². The molecule has 0 bridgehead atoms. The fourth-order valence-corrected chi connectivity index (χ4v) is 2.15. The molecule has 5 heteroatoms. The zero-order valence-electron chi connectivity index (χ0n) is 9.26. The number of rotatable bonds is 4. The molecule has 2 N–H and O–H groups in total. The van der Waals surface area contributed by atoms with Gasteiger partial charge in [-0.25, -0.2) is 0 Å². The van der Waals surface area contributed by atoms with Crippen molar-refractivity contribution >= 4 is 34.4 Å².